The van der Waals surface area contributed by atoms with Gasteiger partial charge in [0, 0.05) is 29.7 Å². The summed E-state index contributed by atoms with van der Waals surface area (Å²) >= 11 is 0. The molecule has 0 radical (unpaired) electrons. The maximum Gasteiger partial charge on any atom is 0.469 e. The molecule has 0 rings (SSSR count). The van der Waals surface area contributed by atoms with Crippen molar-refractivity contribution in [3.63, 3.8) is 0 Å². The van der Waals surface area contributed by atoms with Crippen LogP contribution in [0.25, 0.3) is 0 Å². The first-order chi connectivity index (χ1) is 29.3. The zero-order valence-electron chi connectivity index (χ0n) is 44.5. The Balaban J connectivity index is 0. The molecule has 0 aromatic heterocycles. The van der Waals surface area contributed by atoms with Crippen LogP contribution in [0.15, 0.2) is 24.3 Å². The van der Waals surface area contributed by atoms with Gasteiger partial charge < -0.3 is 34.2 Å². The van der Waals surface area contributed by atoms with Gasteiger partial charge in [0.15, 0.2) is 49.9 Å². The number of ether oxygens (including phenoxy) is 2. The zero-order chi connectivity index (χ0) is 52.7. The summed E-state index contributed by atoms with van der Waals surface area (Å²) in [5.74, 6) is -2.12. The van der Waals surface area contributed by atoms with E-state index >= 15 is 0 Å². The molecule has 66 heavy (non-hydrogen) atoms. The highest BCUT2D eigenvalue weighted by molar-refractivity contribution is 6.91. The second-order valence-corrected chi connectivity index (χ2v) is 55.2. The maximum atomic E-state index is 14.0. The number of carbonyl (C=O) groups is 2. The fraction of sp³-hybridized carbons (Fsp3) is 0.857. The predicted octanol–water partition coefficient (Wildman–Crippen LogP) is 15.0. The number of halogens is 6. The monoisotopic (exact) mass is 1090 g/mol. The van der Waals surface area contributed by atoms with E-state index in [4.69, 9.17) is 29.4 Å². The van der Waals surface area contributed by atoms with Crippen molar-refractivity contribution in [2.45, 2.75) is 226 Å². The Morgan fingerprint density at radius 3 is 0.985 bits per heavy atom. The van der Waals surface area contributed by atoms with E-state index in [2.05, 4.69) is 78.3 Å². The first-order valence-electron chi connectivity index (χ1n) is 23.4. The molecule has 24 heteroatoms. The lowest BCUT2D eigenvalue weighted by atomic mass is 9.98. The molecule has 0 saturated carbocycles. The lowest BCUT2D eigenvalue weighted by Crippen LogP contribution is -2.64. The smallest absolute Gasteiger partial charge is 0.462 e. The van der Waals surface area contributed by atoms with Gasteiger partial charge in [-0.2, -0.15) is 26.3 Å². The molecule has 0 unspecified atom stereocenters. The number of alkyl halides is 6. The van der Waals surface area contributed by atoms with Gasteiger partial charge in [-0.25, -0.2) is 9.59 Å². The topological polar surface area (TPSA) is 108 Å². The minimum absolute atomic E-state index is 0.331. The van der Waals surface area contributed by atoms with Gasteiger partial charge in [0.1, 0.15) is 0 Å². The van der Waals surface area contributed by atoms with E-state index < -0.39 is 109 Å². The minimum Gasteiger partial charge on any atom is -0.462 e. The summed E-state index contributed by atoms with van der Waals surface area (Å²) < 4.78 is 133. The molecule has 10 nitrogen and oxygen atoms in total. The van der Waals surface area contributed by atoms with Crippen molar-refractivity contribution in [2.24, 2.45) is 0 Å². The molecule has 392 valence electrons. The average Bonchev–Trinajstić information content (AvgIpc) is 3.04. The van der Waals surface area contributed by atoms with Crippen LogP contribution in [0.5, 0.6) is 0 Å². The molecule has 0 amide bonds. The number of rotatable bonds is 30. The molecule has 0 atom stereocenters. The van der Waals surface area contributed by atoms with Crippen LogP contribution in [0.1, 0.15) is 80.1 Å². The van der Waals surface area contributed by atoms with E-state index in [0.717, 1.165) is 56.8 Å². The zero-order valence-corrected chi connectivity index (χ0v) is 52.5. The predicted molar refractivity (Wildman–Crippen MR) is 275 cm³/mol. The number of hydrogen-bond donors (Lipinski definition) is 0. The van der Waals surface area contributed by atoms with Gasteiger partial charge in [0.25, 0.3) is 0 Å². The molecule has 0 saturated heterocycles. The summed E-state index contributed by atoms with van der Waals surface area (Å²) in [6.45, 7) is 46.0. The summed E-state index contributed by atoms with van der Waals surface area (Å²) in [5.41, 5.74) is -4.92. The molecule has 0 N–H and O–H groups in total. The molecule has 0 heterocycles. The standard InChI is InChI=1S/C24H54O5Si4.C18H36F6O5Si4/c1-12-18-31(10,19-13-2)28-33(27-30(7,8)9,22-16-17-26-24(25)23(5)6)29-32(11,20-14-3)21-15-4;1-14(2)15(25)26-16(17(19,20)21,18(22,23)24)12-13-33(27-30(3,4)5,28-31(6,7)8)29-32(9,10)11/h5,12-22H2,1-4,6-11H3;1,12-13H2,2-11H3. The summed E-state index contributed by atoms with van der Waals surface area (Å²) in [6, 6.07) is 4.38. The Bertz CT molecular complexity index is 1430. The minimum atomic E-state index is -5.95. The molecule has 0 fully saturated rings. The lowest BCUT2D eigenvalue weighted by molar-refractivity contribution is -0.369. The van der Waals surface area contributed by atoms with E-state index in [1.807, 2.05) is 0 Å². The average molecular weight is 1090 g/mol. The number of esters is 2. The first kappa shape index (κ1) is 67.6. The van der Waals surface area contributed by atoms with E-state index in [-0.39, 0.29) is 5.97 Å². The molecular weight excluding hydrogens is 1000 g/mol. The fourth-order valence-electron chi connectivity index (χ4n) is 7.38. The molecule has 0 aromatic carbocycles. The Morgan fingerprint density at radius 2 is 0.742 bits per heavy atom. The summed E-state index contributed by atoms with van der Waals surface area (Å²) in [6.07, 6.45) is -8.37. The second-order valence-electron chi connectivity index (χ2n) is 21.8. The van der Waals surface area contributed by atoms with Crippen molar-refractivity contribution in [2.75, 3.05) is 6.61 Å². The third kappa shape index (κ3) is 26.1. The molecule has 0 aliphatic heterocycles. The van der Waals surface area contributed by atoms with Crippen molar-refractivity contribution in [3.8, 4) is 0 Å². The largest absolute Gasteiger partial charge is 0.469 e. The van der Waals surface area contributed by atoms with E-state index in [1.54, 1.807) is 65.8 Å². The van der Waals surface area contributed by atoms with Crippen molar-refractivity contribution in [1.29, 1.82) is 0 Å². The van der Waals surface area contributed by atoms with Crippen molar-refractivity contribution >= 4 is 79.5 Å². The van der Waals surface area contributed by atoms with Crippen LogP contribution in [-0.4, -0.2) is 104 Å². The second kappa shape index (κ2) is 26.8. The van der Waals surface area contributed by atoms with Crippen LogP contribution >= 0.6 is 0 Å². The Labute approximate surface area is 404 Å². The highest BCUT2D eigenvalue weighted by Crippen LogP contribution is 2.50. The van der Waals surface area contributed by atoms with Gasteiger partial charge in [-0.15, -0.1) is 0 Å². The van der Waals surface area contributed by atoms with Gasteiger partial charge in [-0.1, -0.05) is 66.5 Å². The van der Waals surface area contributed by atoms with Crippen LogP contribution in [0.2, 0.25) is 128 Å². The molecular formula is C42H90F6O10Si8. The first-order valence-corrected chi connectivity index (χ1v) is 46.5. The SMILES string of the molecule is C=C(C)C(=O)OC(CC[Si](O[Si](C)(C)C)(O[Si](C)(C)C)O[Si](C)(C)C)(C(F)(F)F)C(F)(F)F.C=C(C)C(=O)OCCC[Si](O[Si](C)(C)C)(O[Si](C)(CCC)CCC)O[Si](C)(CCC)CCC. The van der Waals surface area contributed by atoms with Gasteiger partial charge >= 0.3 is 47.5 Å². The van der Waals surface area contributed by atoms with E-state index in [9.17, 15) is 35.9 Å². The number of hydrogen-bond acceptors (Lipinski definition) is 10. The third-order valence-electron chi connectivity index (χ3n) is 9.29. The molecule has 0 aliphatic carbocycles. The van der Waals surface area contributed by atoms with Crippen molar-refractivity contribution in [3.05, 3.63) is 24.3 Å². The third-order valence-corrected chi connectivity index (χ3v) is 38.6. The summed E-state index contributed by atoms with van der Waals surface area (Å²) in [7, 11) is -20.7. The van der Waals surface area contributed by atoms with Gasteiger partial charge in [-0.05, 0) is 136 Å². The van der Waals surface area contributed by atoms with Crippen LogP contribution in [0.4, 0.5) is 26.3 Å². The lowest BCUT2D eigenvalue weighted by Gasteiger charge is -2.46. The van der Waals surface area contributed by atoms with Crippen LogP contribution in [0, 0.1) is 0 Å². The van der Waals surface area contributed by atoms with Crippen molar-refractivity contribution in [1.82, 2.24) is 0 Å². The van der Waals surface area contributed by atoms with Gasteiger partial charge in [0.05, 0.1) is 6.61 Å². The molecule has 0 aromatic rings. The Morgan fingerprint density at radius 1 is 0.455 bits per heavy atom. The van der Waals surface area contributed by atoms with Crippen LogP contribution in [0.3, 0.4) is 0 Å². The Kier molecular flexibility index (Phi) is 27.4. The van der Waals surface area contributed by atoms with Crippen molar-refractivity contribution < 1.29 is 70.1 Å². The highest BCUT2D eigenvalue weighted by atomic mass is 28.5. The quantitative estimate of drug-likeness (QED) is 0.0227. The fourth-order valence-corrected chi connectivity index (χ4v) is 41.6. The van der Waals surface area contributed by atoms with Gasteiger partial charge in [-0.3, -0.25) is 0 Å². The van der Waals surface area contributed by atoms with Crippen LogP contribution in [-0.2, 0) is 43.8 Å². The van der Waals surface area contributed by atoms with E-state index in [1.165, 1.54) is 0 Å². The van der Waals surface area contributed by atoms with Crippen LogP contribution < -0.4 is 0 Å². The van der Waals surface area contributed by atoms with E-state index in [0.29, 0.717) is 24.6 Å². The molecule has 0 aliphatic rings. The summed E-state index contributed by atoms with van der Waals surface area (Å²) in [5, 5.41) is 0. The summed E-state index contributed by atoms with van der Waals surface area (Å²) in [4.78, 5) is 23.8. The highest BCUT2D eigenvalue weighted by Gasteiger charge is 2.75. The van der Waals surface area contributed by atoms with Gasteiger partial charge in [0.2, 0.25) is 0 Å². The molecule has 0 bridgehead atoms. The molecule has 0 spiro atoms. The Hall–Kier alpha value is -0.505. The maximum absolute atomic E-state index is 14.0. The normalized spacial score (nSPS) is 14.1. The number of carbonyl (C=O) groups excluding carboxylic acids is 2.